The molecule has 2 aliphatic rings. The summed E-state index contributed by atoms with van der Waals surface area (Å²) in [6.45, 7) is 6.59. The summed E-state index contributed by atoms with van der Waals surface area (Å²) in [5.41, 5.74) is 7.00. The Hall–Kier alpha value is -1.53. The Morgan fingerprint density at radius 3 is 2.11 bits per heavy atom. The predicted octanol–water partition coefficient (Wildman–Crippen LogP) is 0.337. The minimum absolute atomic E-state index is 0.568. The first-order chi connectivity index (χ1) is 9.34. The number of pyridine rings is 1. The maximum absolute atomic E-state index is 5.85. The van der Waals surface area contributed by atoms with E-state index in [4.69, 9.17) is 15.2 Å². The first-order valence-corrected chi connectivity index (χ1v) is 6.76. The van der Waals surface area contributed by atoms with Crippen LogP contribution < -0.4 is 15.5 Å². The number of aromatic nitrogens is 1. The number of ether oxygens (including phenoxy) is 2. The zero-order chi connectivity index (χ0) is 13.1. The molecule has 2 N–H and O–H groups in total. The summed E-state index contributed by atoms with van der Waals surface area (Å²) < 4.78 is 10.8. The van der Waals surface area contributed by atoms with Crippen LogP contribution in [0.5, 0.6) is 0 Å². The van der Waals surface area contributed by atoms with Gasteiger partial charge in [-0.2, -0.15) is 0 Å². The third-order valence-corrected chi connectivity index (χ3v) is 3.54. The molecule has 104 valence electrons. The summed E-state index contributed by atoms with van der Waals surface area (Å²) in [4.78, 5) is 9.11. The van der Waals surface area contributed by atoms with Crippen molar-refractivity contribution in [3.05, 3.63) is 12.1 Å². The molecule has 3 rings (SSSR count). The van der Waals surface area contributed by atoms with E-state index in [1.54, 1.807) is 0 Å². The van der Waals surface area contributed by atoms with Gasteiger partial charge in [0.1, 0.15) is 5.82 Å². The third-order valence-electron chi connectivity index (χ3n) is 3.54. The summed E-state index contributed by atoms with van der Waals surface area (Å²) in [6, 6.07) is 3.94. The zero-order valence-electron chi connectivity index (χ0n) is 11.0. The van der Waals surface area contributed by atoms with Gasteiger partial charge in [0.05, 0.1) is 32.1 Å². The van der Waals surface area contributed by atoms with E-state index in [0.29, 0.717) is 5.82 Å². The van der Waals surface area contributed by atoms with Gasteiger partial charge in [-0.3, -0.25) is 0 Å². The van der Waals surface area contributed by atoms with Crippen LogP contribution in [0.3, 0.4) is 0 Å². The normalized spacial score (nSPS) is 20.6. The average Bonchev–Trinajstić information content (AvgIpc) is 2.49. The topological polar surface area (TPSA) is 63.8 Å². The van der Waals surface area contributed by atoms with E-state index in [2.05, 4.69) is 20.9 Å². The van der Waals surface area contributed by atoms with Crippen molar-refractivity contribution in [3.8, 4) is 0 Å². The number of morpholine rings is 2. The van der Waals surface area contributed by atoms with E-state index in [9.17, 15) is 0 Å². The molecule has 6 nitrogen and oxygen atoms in total. The zero-order valence-corrected chi connectivity index (χ0v) is 11.0. The third kappa shape index (κ3) is 2.74. The van der Waals surface area contributed by atoms with Gasteiger partial charge in [-0.25, -0.2) is 4.98 Å². The van der Waals surface area contributed by atoms with Crippen LogP contribution in [0.4, 0.5) is 17.3 Å². The SMILES string of the molecule is Nc1ccc(N2CCOCC2)c(N2CCOCC2)n1. The van der Waals surface area contributed by atoms with Crippen LogP contribution in [0.2, 0.25) is 0 Å². The Balaban J connectivity index is 1.88. The summed E-state index contributed by atoms with van der Waals surface area (Å²) in [5.74, 6) is 1.55. The summed E-state index contributed by atoms with van der Waals surface area (Å²) in [5, 5.41) is 0. The second-order valence-corrected chi connectivity index (χ2v) is 4.78. The number of hydrogen-bond donors (Lipinski definition) is 1. The highest BCUT2D eigenvalue weighted by molar-refractivity contribution is 5.69. The largest absolute Gasteiger partial charge is 0.384 e. The molecule has 0 atom stereocenters. The molecule has 0 aromatic carbocycles. The summed E-state index contributed by atoms with van der Waals surface area (Å²) in [7, 11) is 0. The standard InChI is InChI=1S/C13H20N4O2/c14-12-2-1-11(16-3-7-18-8-4-16)13(15-12)17-5-9-19-10-6-17/h1-2H,3-10H2,(H2,14,15). The quantitative estimate of drug-likeness (QED) is 0.831. The molecule has 1 aromatic rings. The van der Waals surface area contributed by atoms with Crippen molar-refractivity contribution in [2.24, 2.45) is 0 Å². The molecule has 0 aliphatic carbocycles. The fraction of sp³-hybridized carbons (Fsp3) is 0.615. The van der Waals surface area contributed by atoms with Crippen molar-refractivity contribution < 1.29 is 9.47 Å². The Bertz CT molecular complexity index is 429. The number of nitrogens with two attached hydrogens (primary N) is 1. The van der Waals surface area contributed by atoms with Crippen molar-refractivity contribution in [1.29, 1.82) is 0 Å². The maximum atomic E-state index is 5.85. The second-order valence-electron chi connectivity index (χ2n) is 4.78. The van der Waals surface area contributed by atoms with Crippen LogP contribution in [0.25, 0.3) is 0 Å². The fourth-order valence-corrected chi connectivity index (χ4v) is 2.51. The van der Waals surface area contributed by atoms with Gasteiger partial charge in [0, 0.05) is 26.2 Å². The van der Waals surface area contributed by atoms with Crippen molar-refractivity contribution in [2.45, 2.75) is 0 Å². The second kappa shape index (κ2) is 5.63. The fourth-order valence-electron chi connectivity index (χ4n) is 2.51. The minimum Gasteiger partial charge on any atom is -0.384 e. The first-order valence-electron chi connectivity index (χ1n) is 6.76. The van der Waals surface area contributed by atoms with Gasteiger partial charge in [0.15, 0.2) is 5.82 Å². The number of nitrogen functional groups attached to an aromatic ring is 1. The van der Waals surface area contributed by atoms with Gasteiger partial charge >= 0.3 is 0 Å². The maximum Gasteiger partial charge on any atom is 0.154 e. The number of anilines is 3. The molecular formula is C13H20N4O2. The van der Waals surface area contributed by atoms with E-state index < -0.39 is 0 Å². The molecule has 2 saturated heterocycles. The van der Waals surface area contributed by atoms with Gasteiger partial charge in [-0.05, 0) is 12.1 Å². The van der Waals surface area contributed by atoms with E-state index >= 15 is 0 Å². The number of nitrogens with zero attached hydrogens (tertiary/aromatic N) is 3. The van der Waals surface area contributed by atoms with Gasteiger partial charge in [-0.1, -0.05) is 0 Å². The van der Waals surface area contributed by atoms with Crippen molar-refractivity contribution in [1.82, 2.24) is 4.98 Å². The highest BCUT2D eigenvalue weighted by Gasteiger charge is 2.21. The number of hydrogen-bond acceptors (Lipinski definition) is 6. The predicted molar refractivity (Wildman–Crippen MR) is 74.7 cm³/mol. The van der Waals surface area contributed by atoms with Gasteiger partial charge in [-0.15, -0.1) is 0 Å². The lowest BCUT2D eigenvalue weighted by molar-refractivity contribution is 0.120. The molecule has 0 unspecified atom stereocenters. The number of rotatable bonds is 2. The molecule has 0 bridgehead atoms. The van der Waals surface area contributed by atoms with Crippen LogP contribution in [0.1, 0.15) is 0 Å². The van der Waals surface area contributed by atoms with Crippen molar-refractivity contribution in [3.63, 3.8) is 0 Å². The smallest absolute Gasteiger partial charge is 0.154 e. The molecule has 6 heteroatoms. The summed E-state index contributed by atoms with van der Waals surface area (Å²) >= 11 is 0. The van der Waals surface area contributed by atoms with Gasteiger partial charge < -0.3 is 25.0 Å². The van der Waals surface area contributed by atoms with Gasteiger partial charge in [0.2, 0.25) is 0 Å². The molecule has 19 heavy (non-hydrogen) atoms. The van der Waals surface area contributed by atoms with Crippen molar-refractivity contribution >= 4 is 17.3 Å². The molecule has 2 aliphatic heterocycles. The van der Waals surface area contributed by atoms with E-state index in [0.717, 1.165) is 64.1 Å². The Morgan fingerprint density at radius 1 is 0.895 bits per heavy atom. The highest BCUT2D eigenvalue weighted by atomic mass is 16.5. The van der Waals surface area contributed by atoms with E-state index in [-0.39, 0.29) is 0 Å². The lowest BCUT2D eigenvalue weighted by Crippen LogP contribution is -2.41. The Morgan fingerprint density at radius 2 is 1.47 bits per heavy atom. The van der Waals surface area contributed by atoms with Crippen LogP contribution in [-0.4, -0.2) is 57.6 Å². The summed E-state index contributed by atoms with van der Waals surface area (Å²) in [6.07, 6.45) is 0. The molecule has 1 aromatic heterocycles. The first kappa shape index (κ1) is 12.5. The minimum atomic E-state index is 0.568. The van der Waals surface area contributed by atoms with Crippen LogP contribution in [-0.2, 0) is 9.47 Å². The Kier molecular flexibility index (Phi) is 3.70. The molecule has 3 heterocycles. The van der Waals surface area contributed by atoms with Crippen LogP contribution in [0.15, 0.2) is 12.1 Å². The molecule has 2 fully saturated rings. The monoisotopic (exact) mass is 264 g/mol. The van der Waals surface area contributed by atoms with E-state index in [1.165, 1.54) is 0 Å². The molecule has 0 amide bonds. The van der Waals surface area contributed by atoms with E-state index in [1.807, 2.05) is 6.07 Å². The van der Waals surface area contributed by atoms with Crippen molar-refractivity contribution in [2.75, 3.05) is 68.1 Å². The molecule has 0 saturated carbocycles. The average molecular weight is 264 g/mol. The molecular weight excluding hydrogens is 244 g/mol. The Labute approximate surface area is 113 Å². The molecule has 0 spiro atoms. The highest BCUT2D eigenvalue weighted by Crippen LogP contribution is 2.29. The lowest BCUT2D eigenvalue weighted by Gasteiger charge is -2.35. The van der Waals surface area contributed by atoms with Crippen LogP contribution >= 0.6 is 0 Å². The lowest BCUT2D eigenvalue weighted by atomic mass is 10.2. The van der Waals surface area contributed by atoms with Gasteiger partial charge in [0.25, 0.3) is 0 Å². The van der Waals surface area contributed by atoms with Crippen LogP contribution in [0, 0.1) is 0 Å². The molecule has 0 radical (unpaired) electrons.